The van der Waals surface area contributed by atoms with Gasteiger partial charge in [-0.1, -0.05) is 24.1 Å². The normalized spacial score (nSPS) is 15.2. The van der Waals surface area contributed by atoms with E-state index >= 15 is 0 Å². The standard InChI is InChI=1S/C19H23ClN4O3S/c1-14-16(20)6-5-7-17(14)23-19(25)13-22-18-9-8-15(12-21-18)28(26,27)24-10-3-2-4-11-24/h5-9,12H,2-4,10-11,13H2,1H3,(H,21,22)(H,23,25)/p+1. The van der Waals surface area contributed by atoms with E-state index in [1.165, 1.54) is 10.5 Å². The highest BCUT2D eigenvalue weighted by molar-refractivity contribution is 7.89. The number of anilines is 2. The second-order valence-electron chi connectivity index (χ2n) is 6.72. The van der Waals surface area contributed by atoms with Gasteiger partial charge in [0.25, 0.3) is 11.7 Å². The first-order valence-corrected chi connectivity index (χ1v) is 11.0. The van der Waals surface area contributed by atoms with Crippen LogP contribution in [0.5, 0.6) is 0 Å². The van der Waals surface area contributed by atoms with E-state index < -0.39 is 10.0 Å². The van der Waals surface area contributed by atoms with Crippen LogP contribution in [0.1, 0.15) is 24.8 Å². The van der Waals surface area contributed by atoms with E-state index in [9.17, 15) is 13.2 Å². The molecule has 1 amide bonds. The number of halogens is 1. The maximum atomic E-state index is 12.6. The van der Waals surface area contributed by atoms with Gasteiger partial charge < -0.3 is 5.32 Å². The van der Waals surface area contributed by atoms with Gasteiger partial charge in [-0.25, -0.2) is 13.4 Å². The fraction of sp³-hybridized carbons (Fsp3) is 0.368. The van der Waals surface area contributed by atoms with Gasteiger partial charge in [0.15, 0.2) is 6.54 Å². The highest BCUT2D eigenvalue weighted by Crippen LogP contribution is 2.23. The molecule has 0 unspecified atom stereocenters. The van der Waals surface area contributed by atoms with E-state index in [0.717, 1.165) is 24.8 Å². The van der Waals surface area contributed by atoms with Crippen LogP contribution in [0.25, 0.3) is 0 Å². The molecule has 0 atom stereocenters. The van der Waals surface area contributed by atoms with E-state index in [0.29, 0.717) is 29.6 Å². The molecule has 1 aliphatic rings. The minimum atomic E-state index is -3.48. The van der Waals surface area contributed by atoms with Crippen molar-refractivity contribution in [1.82, 2.24) is 4.31 Å². The zero-order valence-corrected chi connectivity index (χ0v) is 17.2. The van der Waals surface area contributed by atoms with Crippen LogP contribution in [0.3, 0.4) is 0 Å². The summed E-state index contributed by atoms with van der Waals surface area (Å²) in [6, 6.07) is 8.48. The van der Waals surface area contributed by atoms with Gasteiger partial charge in [0.1, 0.15) is 11.1 Å². The monoisotopic (exact) mass is 423 g/mol. The van der Waals surface area contributed by atoms with Gasteiger partial charge in [-0.2, -0.15) is 4.31 Å². The Hall–Kier alpha value is -2.16. The number of amides is 1. The number of benzene rings is 1. The number of carbonyl (C=O) groups is 1. The summed E-state index contributed by atoms with van der Waals surface area (Å²) in [5.41, 5.74) is 1.46. The molecule has 3 N–H and O–H groups in total. The quantitative estimate of drug-likeness (QED) is 0.747. The van der Waals surface area contributed by atoms with E-state index in [-0.39, 0.29) is 17.3 Å². The minimum Gasteiger partial charge on any atom is -0.322 e. The third-order valence-corrected chi connectivity index (χ3v) is 7.02. The first-order valence-electron chi connectivity index (χ1n) is 9.18. The lowest BCUT2D eigenvalue weighted by Crippen LogP contribution is -2.36. The van der Waals surface area contributed by atoms with Gasteiger partial charge >= 0.3 is 0 Å². The predicted octanol–water partition coefficient (Wildman–Crippen LogP) is 2.69. The van der Waals surface area contributed by atoms with Crippen LogP contribution in [0.4, 0.5) is 11.5 Å². The molecule has 0 saturated carbocycles. The van der Waals surface area contributed by atoms with Crippen LogP contribution in [0, 0.1) is 6.92 Å². The average Bonchev–Trinajstić information content (AvgIpc) is 2.71. The predicted molar refractivity (Wildman–Crippen MR) is 109 cm³/mol. The number of nitrogens with one attached hydrogen (secondary N) is 3. The molecule has 1 fully saturated rings. The Morgan fingerprint density at radius 1 is 1.18 bits per heavy atom. The number of hydrogen-bond acceptors (Lipinski definition) is 4. The fourth-order valence-electron chi connectivity index (χ4n) is 3.05. The van der Waals surface area contributed by atoms with Crippen molar-refractivity contribution < 1.29 is 18.2 Å². The lowest BCUT2D eigenvalue weighted by Gasteiger charge is -2.25. The summed E-state index contributed by atoms with van der Waals surface area (Å²) in [6.45, 7) is 2.98. The maximum absolute atomic E-state index is 12.6. The van der Waals surface area contributed by atoms with Crippen LogP contribution < -0.4 is 15.6 Å². The van der Waals surface area contributed by atoms with Gasteiger partial charge in [0, 0.05) is 29.9 Å². The molecule has 0 bridgehead atoms. The van der Waals surface area contributed by atoms with Crippen LogP contribution in [-0.2, 0) is 14.8 Å². The number of sulfonamides is 1. The van der Waals surface area contributed by atoms with Gasteiger partial charge in [0.05, 0.1) is 0 Å². The highest BCUT2D eigenvalue weighted by atomic mass is 35.5. The maximum Gasteiger partial charge on any atom is 0.272 e. The number of pyridine rings is 1. The van der Waals surface area contributed by atoms with Gasteiger partial charge in [-0.3, -0.25) is 10.1 Å². The Bertz CT molecular complexity index is 942. The summed E-state index contributed by atoms with van der Waals surface area (Å²) in [6.07, 6.45) is 4.30. The molecule has 9 heteroatoms. The third-order valence-electron chi connectivity index (χ3n) is 4.72. The van der Waals surface area contributed by atoms with Crippen molar-refractivity contribution in [2.45, 2.75) is 31.1 Å². The van der Waals surface area contributed by atoms with E-state index in [1.54, 1.807) is 30.3 Å². The number of aromatic nitrogens is 1. The number of H-pyrrole nitrogens is 1. The molecule has 0 aliphatic carbocycles. The zero-order valence-electron chi connectivity index (χ0n) is 15.7. The van der Waals surface area contributed by atoms with Gasteiger partial charge in [-0.05, 0) is 43.5 Å². The number of hydrogen-bond donors (Lipinski definition) is 2. The molecule has 3 rings (SSSR count). The van der Waals surface area contributed by atoms with Crippen LogP contribution in [0.15, 0.2) is 41.4 Å². The van der Waals surface area contributed by atoms with Crippen LogP contribution in [-0.4, -0.2) is 38.3 Å². The van der Waals surface area contributed by atoms with E-state index in [4.69, 9.17) is 11.6 Å². The van der Waals surface area contributed by atoms with Crippen LogP contribution in [0.2, 0.25) is 5.02 Å². The van der Waals surface area contributed by atoms with Gasteiger partial charge in [-0.15, -0.1) is 0 Å². The Labute approximate surface area is 170 Å². The molecule has 2 aromatic rings. The number of piperidine rings is 1. The second kappa shape index (κ2) is 8.89. The Morgan fingerprint density at radius 2 is 1.93 bits per heavy atom. The molecule has 28 heavy (non-hydrogen) atoms. The topological polar surface area (TPSA) is 92.7 Å². The molecule has 150 valence electrons. The second-order valence-corrected chi connectivity index (χ2v) is 9.06. The molecule has 1 aromatic carbocycles. The number of aromatic amines is 1. The summed E-state index contributed by atoms with van der Waals surface area (Å²) in [7, 11) is -3.48. The molecular formula is C19H24ClN4O3S+. The van der Waals surface area contributed by atoms with Crippen molar-refractivity contribution in [3.05, 3.63) is 47.1 Å². The van der Waals surface area contributed by atoms with Crippen molar-refractivity contribution in [1.29, 1.82) is 0 Å². The average molecular weight is 424 g/mol. The summed E-state index contributed by atoms with van der Waals surface area (Å²) >= 11 is 6.05. The molecular weight excluding hydrogens is 400 g/mol. The lowest BCUT2D eigenvalue weighted by atomic mass is 10.2. The largest absolute Gasteiger partial charge is 0.322 e. The van der Waals surface area contributed by atoms with Crippen molar-refractivity contribution in [3.8, 4) is 0 Å². The molecule has 0 spiro atoms. The lowest BCUT2D eigenvalue weighted by molar-refractivity contribution is -0.364. The Balaban J connectivity index is 1.58. The fourth-order valence-corrected chi connectivity index (χ4v) is 4.71. The summed E-state index contributed by atoms with van der Waals surface area (Å²) in [5.74, 6) is 0.319. The third kappa shape index (κ3) is 4.81. The van der Waals surface area contributed by atoms with Crippen molar-refractivity contribution in [2.75, 3.05) is 30.3 Å². The molecule has 7 nitrogen and oxygen atoms in total. The minimum absolute atomic E-state index is 0.0284. The summed E-state index contributed by atoms with van der Waals surface area (Å²) in [5, 5.41) is 6.33. The first kappa shape index (κ1) is 20.6. The van der Waals surface area contributed by atoms with Crippen molar-refractivity contribution in [3.63, 3.8) is 0 Å². The summed E-state index contributed by atoms with van der Waals surface area (Å²) in [4.78, 5) is 15.3. The summed E-state index contributed by atoms with van der Waals surface area (Å²) < 4.78 is 26.8. The Morgan fingerprint density at radius 3 is 2.61 bits per heavy atom. The molecule has 2 heterocycles. The SMILES string of the molecule is Cc1c(Cl)cccc1NC(=O)CNc1ccc(S(=O)(=O)N2CCCCC2)c[nH+]1. The van der Waals surface area contributed by atoms with Gasteiger partial charge in [0.2, 0.25) is 10.0 Å². The first-order chi connectivity index (χ1) is 13.4. The zero-order chi connectivity index (χ0) is 20.1. The van der Waals surface area contributed by atoms with Crippen molar-refractivity contribution >= 4 is 39.0 Å². The highest BCUT2D eigenvalue weighted by Gasteiger charge is 2.26. The Kier molecular flexibility index (Phi) is 6.53. The molecule has 1 saturated heterocycles. The molecule has 1 aliphatic heterocycles. The number of carbonyl (C=O) groups excluding carboxylic acids is 1. The van der Waals surface area contributed by atoms with E-state index in [1.807, 2.05) is 6.92 Å². The smallest absolute Gasteiger partial charge is 0.272 e. The molecule has 1 aromatic heterocycles. The molecule has 0 radical (unpaired) electrons. The van der Waals surface area contributed by atoms with Crippen molar-refractivity contribution in [2.24, 2.45) is 0 Å². The number of rotatable bonds is 6. The number of nitrogens with zero attached hydrogens (tertiary/aromatic N) is 1. The van der Waals surface area contributed by atoms with Crippen LogP contribution >= 0.6 is 11.6 Å². The van der Waals surface area contributed by atoms with E-state index in [2.05, 4.69) is 15.6 Å².